The van der Waals surface area contributed by atoms with Crippen molar-refractivity contribution < 1.29 is 14.3 Å². The number of nitrogens with one attached hydrogen (secondary N) is 1. The number of fused-ring (bicyclic) bond motifs is 1. The van der Waals surface area contributed by atoms with Crippen molar-refractivity contribution in [3.8, 4) is 22.5 Å². The van der Waals surface area contributed by atoms with E-state index >= 15 is 0 Å². The predicted molar refractivity (Wildman–Crippen MR) is 123 cm³/mol. The largest absolute Gasteiger partial charge is 0.479 e. The van der Waals surface area contributed by atoms with Gasteiger partial charge in [0.15, 0.2) is 6.04 Å². The minimum absolute atomic E-state index is 0.386. The Morgan fingerprint density at radius 3 is 2.03 bits per heavy atom. The summed E-state index contributed by atoms with van der Waals surface area (Å²) in [5.41, 5.74) is 3.65. The van der Waals surface area contributed by atoms with E-state index in [9.17, 15) is 9.90 Å². The Kier molecular flexibility index (Phi) is 5.09. The summed E-state index contributed by atoms with van der Waals surface area (Å²) in [7, 11) is 0. The fourth-order valence-corrected chi connectivity index (χ4v) is 3.79. The fraction of sp³-hybridized carbons (Fsp3) is 0.0385. The molecule has 32 heavy (non-hydrogen) atoms. The van der Waals surface area contributed by atoms with E-state index in [-0.39, 0.29) is 0 Å². The van der Waals surface area contributed by atoms with E-state index in [0.29, 0.717) is 28.2 Å². The molecule has 6 nitrogen and oxygen atoms in total. The van der Waals surface area contributed by atoms with Crippen molar-refractivity contribution in [2.75, 3.05) is 5.32 Å². The Morgan fingerprint density at radius 2 is 1.41 bits per heavy atom. The van der Waals surface area contributed by atoms with Crippen LogP contribution in [0.3, 0.4) is 0 Å². The Balaban J connectivity index is 1.73. The van der Waals surface area contributed by atoms with Gasteiger partial charge in [0, 0.05) is 11.1 Å². The number of anilines is 1. The molecule has 0 aliphatic heterocycles. The van der Waals surface area contributed by atoms with Gasteiger partial charge >= 0.3 is 5.97 Å². The molecule has 2 heterocycles. The van der Waals surface area contributed by atoms with Crippen molar-refractivity contribution in [1.29, 1.82) is 0 Å². The van der Waals surface area contributed by atoms with Gasteiger partial charge in [-0.3, -0.25) is 0 Å². The topological polar surface area (TPSA) is 88.2 Å². The highest BCUT2D eigenvalue weighted by molar-refractivity contribution is 6.06. The number of furan rings is 1. The second-order valence-corrected chi connectivity index (χ2v) is 7.27. The minimum Gasteiger partial charge on any atom is -0.479 e. The lowest BCUT2D eigenvalue weighted by atomic mass is 9.99. The number of aliphatic carboxylic acids is 1. The van der Waals surface area contributed by atoms with E-state index in [0.717, 1.165) is 16.7 Å². The van der Waals surface area contributed by atoms with Gasteiger partial charge in [-0.05, 0) is 11.1 Å². The first kappa shape index (κ1) is 19.5. The highest BCUT2D eigenvalue weighted by atomic mass is 16.4. The quantitative estimate of drug-likeness (QED) is 0.360. The maximum atomic E-state index is 12.1. The standard InChI is InChI=1S/C26H19N3O3/c30-26(31)22(18-12-6-2-7-13-18)29-24-21-20(17-10-4-1-5-11-17)23(19-14-8-3-9-15-19)32-25(21)28-16-27-24/h1-16,22H,(H,30,31)(H,27,28,29). The number of nitrogens with zero attached hydrogens (tertiary/aromatic N) is 2. The van der Waals surface area contributed by atoms with E-state index in [4.69, 9.17) is 4.42 Å². The zero-order valence-corrected chi connectivity index (χ0v) is 17.0. The highest BCUT2D eigenvalue weighted by Crippen LogP contribution is 2.43. The van der Waals surface area contributed by atoms with Crippen LogP contribution in [-0.4, -0.2) is 21.0 Å². The lowest BCUT2D eigenvalue weighted by molar-refractivity contribution is -0.138. The van der Waals surface area contributed by atoms with Crippen molar-refractivity contribution in [1.82, 2.24) is 9.97 Å². The van der Waals surface area contributed by atoms with Crippen LogP contribution in [0.15, 0.2) is 102 Å². The van der Waals surface area contributed by atoms with Crippen molar-refractivity contribution in [3.05, 3.63) is 103 Å². The van der Waals surface area contributed by atoms with E-state index in [1.165, 1.54) is 6.33 Å². The monoisotopic (exact) mass is 421 g/mol. The summed E-state index contributed by atoms with van der Waals surface area (Å²) in [6.45, 7) is 0. The summed E-state index contributed by atoms with van der Waals surface area (Å²) in [6.07, 6.45) is 1.38. The van der Waals surface area contributed by atoms with E-state index in [2.05, 4.69) is 15.3 Å². The maximum Gasteiger partial charge on any atom is 0.330 e. The number of hydrogen-bond acceptors (Lipinski definition) is 5. The molecule has 0 fully saturated rings. The summed E-state index contributed by atoms with van der Waals surface area (Å²) < 4.78 is 6.19. The van der Waals surface area contributed by atoms with Crippen LogP contribution in [0.1, 0.15) is 11.6 Å². The van der Waals surface area contributed by atoms with Crippen molar-refractivity contribution in [3.63, 3.8) is 0 Å². The molecular weight excluding hydrogens is 402 g/mol. The molecule has 0 saturated carbocycles. The van der Waals surface area contributed by atoms with Gasteiger partial charge in [-0.25, -0.2) is 14.8 Å². The lowest BCUT2D eigenvalue weighted by Gasteiger charge is -2.16. The van der Waals surface area contributed by atoms with Crippen LogP contribution in [0, 0.1) is 0 Å². The van der Waals surface area contributed by atoms with Crippen molar-refractivity contribution >= 4 is 22.9 Å². The zero-order chi connectivity index (χ0) is 21.9. The molecule has 2 aromatic heterocycles. The second kappa shape index (κ2) is 8.35. The number of aromatic nitrogens is 2. The number of benzene rings is 3. The number of carboxylic acid groups (broad SMARTS) is 1. The molecule has 156 valence electrons. The first-order chi connectivity index (χ1) is 15.7. The predicted octanol–water partition coefficient (Wildman–Crippen LogP) is 5.79. The highest BCUT2D eigenvalue weighted by Gasteiger charge is 2.26. The molecule has 1 unspecified atom stereocenters. The molecule has 0 spiro atoms. The first-order valence-electron chi connectivity index (χ1n) is 10.1. The van der Waals surface area contributed by atoms with Crippen molar-refractivity contribution in [2.24, 2.45) is 0 Å². The van der Waals surface area contributed by atoms with Gasteiger partial charge in [-0.2, -0.15) is 0 Å². The molecule has 0 bridgehead atoms. The molecular formula is C26H19N3O3. The lowest BCUT2D eigenvalue weighted by Crippen LogP contribution is -2.21. The molecule has 6 heteroatoms. The van der Waals surface area contributed by atoms with E-state index in [1.807, 2.05) is 78.9 Å². The van der Waals surface area contributed by atoms with E-state index < -0.39 is 12.0 Å². The molecule has 0 radical (unpaired) electrons. The van der Waals surface area contributed by atoms with Gasteiger partial charge in [-0.1, -0.05) is 91.0 Å². The molecule has 0 aliphatic carbocycles. The van der Waals surface area contributed by atoms with Crippen LogP contribution in [0.4, 0.5) is 5.82 Å². The Bertz CT molecular complexity index is 1370. The van der Waals surface area contributed by atoms with Gasteiger partial charge in [0.05, 0.1) is 5.39 Å². The maximum absolute atomic E-state index is 12.1. The number of hydrogen-bond donors (Lipinski definition) is 2. The first-order valence-corrected chi connectivity index (χ1v) is 10.1. The minimum atomic E-state index is -1.00. The number of rotatable bonds is 6. The average Bonchev–Trinajstić information content (AvgIpc) is 3.24. The molecule has 2 N–H and O–H groups in total. The van der Waals surface area contributed by atoms with Crippen molar-refractivity contribution in [2.45, 2.75) is 6.04 Å². The van der Waals surface area contributed by atoms with Crippen LogP contribution in [0.25, 0.3) is 33.6 Å². The summed E-state index contributed by atoms with van der Waals surface area (Å²) in [6, 6.07) is 27.6. The normalized spacial score (nSPS) is 11.9. The Hall–Kier alpha value is -4.45. The van der Waals surface area contributed by atoms with Gasteiger partial charge in [0.25, 0.3) is 0 Å². The second-order valence-electron chi connectivity index (χ2n) is 7.27. The van der Waals surface area contributed by atoms with Gasteiger partial charge in [0.1, 0.15) is 17.9 Å². The van der Waals surface area contributed by atoms with Gasteiger partial charge < -0.3 is 14.8 Å². The zero-order valence-electron chi connectivity index (χ0n) is 17.0. The Labute approximate surface area is 184 Å². The van der Waals surface area contributed by atoms with Crippen LogP contribution < -0.4 is 5.32 Å². The van der Waals surface area contributed by atoms with Gasteiger partial charge in [0.2, 0.25) is 5.71 Å². The van der Waals surface area contributed by atoms with Gasteiger partial charge in [-0.15, -0.1) is 0 Å². The van der Waals surface area contributed by atoms with Crippen LogP contribution >= 0.6 is 0 Å². The third-order valence-corrected chi connectivity index (χ3v) is 5.25. The molecule has 5 rings (SSSR count). The van der Waals surface area contributed by atoms with E-state index in [1.54, 1.807) is 12.1 Å². The van der Waals surface area contributed by atoms with Crippen LogP contribution in [0.5, 0.6) is 0 Å². The summed E-state index contributed by atoms with van der Waals surface area (Å²) >= 11 is 0. The van der Waals surface area contributed by atoms with Crippen LogP contribution in [-0.2, 0) is 4.79 Å². The SMILES string of the molecule is O=C(O)C(Nc1ncnc2oc(-c3ccccc3)c(-c3ccccc3)c12)c1ccccc1. The molecule has 1 atom stereocenters. The summed E-state index contributed by atoms with van der Waals surface area (Å²) in [5.74, 6) is 0.0500. The summed E-state index contributed by atoms with van der Waals surface area (Å²) in [4.78, 5) is 20.8. The fourth-order valence-electron chi connectivity index (χ4n) is 3.79. The number of carboxylic acids is 1. The third-order valence-electron chi connectivity index (χ3n) is 5.25. The summed E-state index contributed by atoms with van der Waals surface area (Å²) in [5, 5.41) is 13.6. The average molecular weight is 421 g/mol. The molecule has 0 aliphatic rings. The third kappa shape index (κ3) is 3.58. The number of carbonyl (C=O) groups is 1. The molecule has 0 saturated heterocycles. The molecule has 3 aromatic carbocycles. The molecule has 5 aromatic rings. The smallest absolute Gasteiger partial charge is 0.330 e. The Morgan fingerprint density at radius 1 is 0.812 bits per heavy atom. The van der Waals surface area contributed by atoms with Crippen LogP contribution in [0.2, 0.25) is 0 Å². The molecule has 0 amide bonds.